The van der Waals surface area contributed by atoms with Gasteiger partial charge in [0.05, 0.1) is 5.56 Å². The summed E-state index contributed by atoms with van der Waals surface area (Å²) in [6.45, 7) is 2.38. The fourth-order valence-electron chi connectivity index (χ4n) is 4.09. The fraction of sp³-hybridized carbons (Fsp3) is 0.591. The van der Waals surface area contributed by atoms with Crippen molar-refractivity contribution in [3.63, 3.8) is 0 Å². The lowest BCUT2D eigenvalue weighted by Crippen LogP contribution is -2.26. The molecule has 0 spiro atoms. The first-order chi connectivity index (χ1) is 14.8. The Bertz CT molecular complexity index is 861. The predicted octanol–water partition coefficient (Wildman–Crippen LogP) is 5.38. The highest BCUT2D eigenvalue weighted by Gasteiger charge is 2.30. The van der Waals surface area contributed by atoms with E-state index in [0.29, 0.717) is 12.6 Å². The summed E-state index contributed by atoms with van der Waals surface area (Å²) in [5.74, 6) is 0.718. The van der Waals surface area contributed by atoms with Gasteiger partial charge in [0.25, 0.3) is 0 Å². The monoisotopic (exact) mass is 454 g/mol. The molecule has 1 aliphatic rings. The lowest BCUT2D eigenvalue weighted by Gasteiger charge is -2.16. The second-order valence-corrected chi connectivity index (χ2v) is 8.86. The van der Waals surface area contributed by atoms with Crippen LogP contribution in [-0.4, -0.2) is 33.5 Å². The number of alkyl halides is 3. The van der Waals surface area contributed by atoms with Crippen LogP contribution in [0.4, 0.5) is 13.2 Å². The number of hydrogen-bond acceptors (Lipinski definition) is 4. The van der Waals surface area contributed by atoms with Gasteiger partial charge in [0.15, 0.2) is 5.16 Å². The number of thioether (sulfide) groups is 1. The summed E-state index contributed by atoms with van der Waals surface area (Å²) in [5, 5.41) is 12.5. The number of carbonyl (C=O) groups excluding carboxylic acids is 1. The van der Waals surface area contributed by atoms with Crippen LogP contribution < -0.4 is 5.32 Å². The van der Waals surface area contributed by atoms with Crippen LogP contribution in [0.1, 0.15) is 74.4 Å². The molecule has 1 saturated carbocycles. The summed E-state index contributed by atoms with van der Waals surface area (Å²) < 4.78 is 40.3. The smallest absolute Gasteiger partial charge is 0.356 e. The van der Waals surface area contributed by atoms with Crippen molar-refractivity contribution < 1.29 is 18.0 Å². The van der Waals surface area contributed by atoms with E-state index < -0.39 is 11.7 Å². The number of aromatic nitrogens is 3. The topological polar surface area (TPSA) is 59.8 Å². The van der Waals surface area contributed by atoms with Gasteiger partial charge in [-0.1, -0.05) is 43.7 Å². The molecule has 1 aliphatic carbocycles. The van der Waals surface area contributed by atoms with Gasteiger partial charge >= 0.3 is 6.18 Å². The van der Waals surface area contributed by atoms with Crippen LogP contribution in [0.3, 0.4) is 0 Å². The van der Waals surface area contributed by atoms with Crippen LogP contribution in [0.2, 0.25) is 0 Å². The molecule has 5 nitrogen and oxygen atoms in total. The molecule has 170 valence electrons. The maximum Gasteiger partial charge on any atom is 0.416 e. The van der Waals surface area contributed by atoms with Gasteiger partial charge in [-0.25, -0.2) is 0 Å². The van der Waals surface area contributed by atoms with Crippen LogP contribution in [0.25, 0.3) is 0 Å². The lowest BCUT2D eigenvalue weighted by atomic mass is 9.96. The summed E-state index contributed by atoms with van der Waals surface area (Å²) >= 11 is 1.61. The van der Waals surface area contributed by atoms with E-state index in [1.54, 1.807) is 11.8 Å². The molecule has 1 unspecified atom stereocenters. The van der Waals surface area contributed by atoms with E-state index in [4.69, 9.17) is 0 Å². The molecule has 3 rings (SSSR count). The van der Waals surface area contributed by atoms with Gasteiger partial charge in [-0.3, -0.25) is 4.79 Å². The van der Waals surface area contributed by atoms with Crippen molar-refractivity contribution in [2.24, 2.45) is 0 Å². The molecular formula is C22H29F3N4OS. The van der Waals surface area contributed by atoms with Crippen molar-refractivity contribution in [2.45, 2.75) is 75.2 Å². The molecule has 1 fully saturated rings. The van der Waals surface area contributed by atoms with E-state index >= 15 is 0 Å². The Balaban J connectivity index is 1.45. The predicted molar refractivity (Wildman–Crippen MR) is 115 cm³/mol. The minimum absolute atomic E-state index is 0.102. The van der Waals surface area contributed by atoms with Crippen molar-refractivity contribution in [3.8, 4) is 0 Å². The molecule has 1 heterocycles. The van der Waals surface area contributed by atoms with Crippen LogP contribution >= 0.6 is 11.8 Å². The third-order valence-electron chi connectivity index (χ3n) is 5.81. The second kappa shape index (κ2) is 10.5. The Morgan fingerprint density at radius 3 is 2.52 bits per heavy atom. The Labute approximate surface area is 185 Å². The van der Waals surface area contributed by atoms with E-state index in [9.17, 15) is 18.0 Å². The van der Waals surface area contributed by atoms with E-state index in [2.05, 4.69) is 20.1 Å². The molecule has 1 aromatic heterocycles. The van der Waals surface area contributed by atoms with Crippen molar-refractivity contribution in [1.29, 1.82) is 0 Å². The maximum atomic E-state index is 12.7. The lowest BCUT2D eigenvalue weighted by molar-refractivity contribution is -0.137. The van der Waals surface area contributed by atoms with Gasteiger partial charge in [0.1, 0.15) is 5.82 Å². The number of amides is 1. The van der Waals surface area contributed by atoms with Crippen LogP contribution in [0.15, 0.2) is 29.4 Å². The standard InChI is InChI=1S/C22H29F3N4OS/c1-15(16-9-11-17(12-10-16)22(23,24)25)14-20(30)26-13-5-8-19-27-28-21(31-2)29(19)18-6-3-4-7-18/h9-12,15,18H,3-8,13-14H2,1-2H3,(H,26,30). The molecule has 0 radical (unpaired) electrons. The molecule has 0 aliphatic heterocycles. The number of aryl methyl sites for hydroxylation is 1. The van der Waals surface area contributed by atoms with Crippen molar-refractivity contribution in [3.05, 3.63) is 41.2 Å². The number of rotatable bonds is 9. The first kappa shape index (κ1) is 23.6. The highest BCUT2D eigenvalue weighted by molar-refractivity contribution is 7.98. The number of nitrogens with zero attached hydrogens (tertiary/aromatic N) is 3. The van der Waals surface area contributed by atoms with Gasteiger partial charge in [-0.2, -0.15) is 13.2 Å². The average Bonchev–Trinajstić information content (AvgIpc) is 3.39. The molecule has 0 saturated heterocycles. The number of nitrogens with one attached hydrogen (secondary N) is 1. The summed E-state index contributed by atoms with van der Waals surface area (Å²) in [4.78, 5) is 12.3. The second-order valence-electron chi connectivity index (χ2n) is 8.09. The van der Waals surface area contributed by atoms with Crippen molar-refractivity contribution in [1.82, 2.24) is 20.1 Å². The summed E-state index contributed by atoms with van der Waals surface area (Å²) in [5.41, 5.74) is 0.0420. The van der Waals surface area contributed by atoms with Gasteiger partial charge in [0, 0.05) is 25.4 Å². The molecule has 1 amide bonds. The quantitative estimate of drug-likeness (QED) is 0.408. The number of hydrogen-bond donors (Lipinski definition) is 1. The normalized spacial score (nSPS) is 15.9. The van der Waals surface area contributed by atoms with E-state index in [-0.39, 0.29) is 18.2 Å². The third kappa shape index (κ3) is 6.24. The molecule has 1 N–H and O–H groups in total. The third-order valence-corrected chi connectivity index (χ3v) is 6.45. The number of carbonyl (C=O) groups is 1. The molecule has 1 aromatic carbocycles. The molecular weight excluding hydrogens is 425 g/mol. The first-order valence-corrected chi connectivity index (χ1v) is 11.9. The summed E-state index contributed by atoms with van der Waals surface area (Å²) in [6, 6.07) is 5.49. The minimum atomic E-state index is -4.35. The Morgan fingerprint density at radius 2 is 1.90 bits per heavy atom. The van der Waals surface area contributed by atoms with Gasteiger partial charge in [0.2, 0.25) is 5.91 Å². The van der Waals surface area contributed by atoms with Gasteiger partial charge in [-0.15, -0.1) is 10.2 Å². The van der Waals surface area contributed by atoms with Crippen LogP contribution in [-0.2, 0) is 17.4 Å². The molecule has 9 heteroatoms. The zero-order chi connectivity index (χ0) is 22.4. The van der Waals surface area contributed by atoms with E-state index in [0.717, 1.165) is 54.4 Å². The van der Waals surface area contributed by atoms with Gasteiger partial charge in [-0.05, 0) is 49.1 Å². The Kier molecular flexibility index (Phi) is 8.02. The van der Waals surface area contributed by atoms with Crippen LogP contribution in [0, 0.1) is 0 Å². The SMILES string of the molecule is CSc1nnc(CCCNC(=O)CC(C)c2ccc(C(F)(F)F)cc2)n1C1CCCC1. The molecule has 31 heavy (non-hydrogen) atoms. The summed E-state index contributed by atoms with van der Waals surface area (Å²) in [6.07, 6.45) is 4.22. The number of benzene rings is 1. The first-order valence-electron chi connectivity index (χ1n) is 10.7. The number of halogens is 3. The summed E-state index contributed by atoms with van der Waals surface area (Å²) in [7, 11) is 0. The molecule has 1 atom stereocenters. The van der Waals surface area contributed by atoms with E-state index in [1.165, 1.54) is 25.0 Å². The highest BCUT2D eigenvalue weighted by atomic mass is 32.2. The van der Waals surface area contributed by atoms with Gasteiger partial charge < -0.3 is 9.88 Å². The zero-order valence-electron chi connectivity index (χ0n) is 17.9. The highest BCUT2D eigenvalue weighted by Crippen LogP contribution is 2.33. The largest absolute Gasteiger partial charge is 0.416 e. The van der Waals surface area contributed by atoms with E-state index in [1.807, 2.05) is 13.2 Å². The zero-order valence-corrected chi connectivity index (χ0v) is 18.7. The Hall–Kier alpha value is -2.03. The van der Waals surface area contributed by atoms with Crippen molar-refractivity contribution >= 4 is 17.7 Å². The average molecular weight is 455 g/mol. The fourth-order valence-corrected chi connectivity index (χ4v) is 4.66. The maximum absolute atomic E-state index is 12.7. The minimum Gasteiger partial charge on any atom is -0.356 e. The van der Waals surface area contributed by atoms with Crippen molar-refractivity contribution in [2.75, 3.05) is 12.8 Å². The molecule has 2 aromatic rings. The Morgan fingerprint density at radius 1 is 1.23 bits per heavy atom. The van der Waals surface area contributed by atoms with Crippen LogP contribution in [0.5, 0.6) is 0 Å². The molecule has 0 bridgehead atoms.